The number of aromatic nitrogens is 3. The van der Waals surface area contributed by atoms with Gasteiger partial charge in [0.25, 0.3) is 0 Å². The van der Waals surface area contributed by atoms with E-state index in [0.717, 1.165) is 17.7 Å². The number of H-pyrrole nitrogens is 1. The second kappa shape index (κ2) is 4.65. The molecular formula is C12H14N4O2S. The molecule has 0 amide bonds. The van der Waals surface area contributed by atoms with Gasteiger partial charge < -0.3 is 10.5 Å². The van der Waals surface area contributed by atoms with Gasteiger partial charge in [-0.3, -0.25) is 4.57 Å². The van der Waals surface area contributed by atoms with Crippen molar-refractivity contribution in [3.63, 3.8) is 0 Å². The number of methoxy groups -OCH3 is 1. The average molecular weight is 278 g/mol. The van der Waals surface area contributed by atoms with Crippen molar-refractivity contribution in [3.8, 4) is 5.75 Å². The van der Waals surface area contributed by atoms with Crippen molar-refractivity contribution in [2.75, 3.05) is 12.8 Å². The van der Waals surface area contributed by atoms with Crippen molar-refractivity contribution >= 4 is 17.4 Å². The normalized spacial score (nSPS) is 14.6. The molecule has 0 unspecified atom stereocenters. The Kier molecular flexibility index (Phi) is 2.98. The molecule has 3 rings (SSSR count). The van der Waals surface area contributed by atoms with Crippen LogP contribution in [0.3, 0.4) is 0 Å². The standard InChI is InChI=1S/C12H14N4O2S/c1-18-10-6-8(4-5-9(10)13)19-12-15-14-11(17)16(12)7-2-3-7/h4-7H,2-3,13H2,1H3,(H,14,17). The lowest BCUT2D eigenvalue weighted by Crippen LogP contribution is -2.15. The fraction of sp³-hybridized carbons (Fsp3) is 0.333. The van der Waals surface area contributed by atoms with E-state index in [1.807, 2.05) is 12.1 Å². The molecule has 6 nitrogen and oxygen atoms in total. The van der Waals surface area contributed by atoms with Crippen LogP contribution in [0.1, 0.15) is 18.9 Å². The summed E-state index contributed by atoms with van der Waals surface area (Å²) < 4.78 is 6.90. The zero-order valence-corrected chi connectivity index (χ0v) is 11.2. The summed E-state index contributed by atoms with van der Waals surface area (Å²) in [7, 11) is 1.58. The number of anilines is 1. The van der Waals surface area contributed by atoms with Gasteiger partial charge in [-0.2, -0.15) is 0 Å². The van der Waals surface area contributed by atoms with E-state index in [1.54, 1.807) is 17.7 Å². The largest absolute Gasteiger partial charge is 0.495 e. The molecule has 0 spiro atoms. The maximum Gasteiger partial charge on any atom is 0.344 e. The molecular weight excluding hydrogens is 264 g/mol. The van der Waals surface area contributed by atoms with Crippen LogP contribution in [0.15, 0.2) is 33.0 Å². The Morgan fingerprint density at radius 3 is 3.00 bits per heavy atom. The highest BCUT2D eigenvalue weighted by Crippen LogP contribution is 2.38. The van der Waals surface area contributed by atoms with E-state index in [0.29, 0.717) is 22.6 Å². The van der Waals surface area contributed by atoms with Crippen molar-refractivity contribution in [3.05, 3.63) is 28.7 Å². The van der Waals surface area contributed by atoms with E-state index in [1.165, 1.54) is 11.8 Å². The monoisotopic (exact) mass is 278 g/mol. The molecule has 1 aromatic heterocycles. The first-order valence-corrected chi connectivity index (χ1v) is 6.79. The highest BCUT2D eigenvalue weighted by atomic mass is 32.2. The second-order valence-corrected chi connectivity index (χ2v) is 5.46. The number of rotatable bonds is 4. The van der Waals surface area contributed by atoms with Gasteiger partial charge in [0, 0.05) is 10.9 Å². The molecule has 0 aliphatic heterocycles. The summed E-state index contributed by atoms with van der Waals surface area (Å²) in [5, 5.41) is 7.25. The lowest BCUT2D eigenvalue weighted by molar-refractivity contribution is 0.416. The number of hydrogen-bond acceptors (Lipinski definition) is 5. The van der Waals surface area contributed by atoms with Crippen LogP contribution in [0.25, 0.3) is 0 Å². The first kappa shape index (κ1) is 12.2. The minimum absolute atomic E-state index is 0.146. The first-order chi connectivity index (χ1) is 9.19. The van der Waals surface area contributed by atoms with Gasteiger partial charge >= 0.3 is 5.69 Å². The van der Waals surface area contributed by atoms with E-state index < -0.39 is 0 Å². The van der Waals surface area contributed by atoms with Crippen molar-refractivity contribution in [1.82, 2.24) is 14.8 Å². The molecule has 0 bridgehead atoms. The number of hydrogen-bond donors (Lipinski definition) is 2. The summed E-state index contributed by atoms with van der Waals surface area (Å²) in [5.74, 6) is 0.626. The fourth-order valence-corrected chi connectivity index (χ4v) is 2.81. The lowest BCUT2D eigenvalue weighted by atomic mass is 10.3. The summed E-state index contributed by atoms with van der Waals surface area (Å²) >= 11 is 1.43. The van der Waals surface area contributed by atoms with E-state index in [-0.39, 0.29) is 5.69 Å². The Morgan fingerprint density at radius 1 is 1.53 bits per heavy atom. The number of benzene rings is 1. The number of nitrogens with zero attached hydrogens (tertiary/aromatic N) is 2. The van der Waals surface area contributed by atoms with Crippen LogP contribution in [0.5, 0.6) is 5.75 Å². The van der Waals surface area contributed by atoms with E-state index in [4.69, 9.17) is 10.5 Å². The van der Waals surface area contributed by atoms with E-state index >= 15 is 0 Å². The number of nitrogens with one attached hydrogen (secondary N) is 1. The molecule has 1 saturated carbocycles. The molecule has 0 saturated heterocycles. The Bertz CT molecular complexity index is 660. The van der Waals surface area contributed by atoms with Crippen LogP contribution in [-0.4, -0.2) is 21.9 Å². The summed E-state index contributed by atoms with van der Waals surface area (Å²) in [6.45, 7) is 0. The molecule has 1 aromatic carbocycles. The summed E-state index contributed by atoms with van der Waals surface area (Å²) in [4.78, 5) is 12.6. The molecule has 19 heavy (non-hydrogen) atoms. The summed E-state index contributed by atoms with van der Waals surface area (Å²) in [5.41, 5.74) is 6.22. The molecule has 1 fully saturated rings. The first-order valence-electron chi connectivity index (χ1n) is 5.97. The number of aromatic amines is 1. The van der Waals surface area contributed by atoms with Crippen LogP contribution < -0.4 is 16.2 Å². The average Bonchev–Trinajstić information content (AvgIpc) is 3.17. The van der Waals surface area contributed by atoms with Crippen molar-refractivity contribution in [2.45, 2.75) is 28.9 Å². The highest BCUT2D eigenvalue weighted by molar-refractivity contribution is 7.99. The highest BCUT2D eigenvalue weighted by Gasteiger charge is 2.28. The smallest absolute Gasteiger partial charge is 0.344 e. The SMILES string of the molecule is COc1cc(Sc2n[nH]c(=O)n2C2CC2)ccc1N. The molecule has 2 aromatic rings. The molecule has 0 radical (unpaired) electrons. The maximum absolute atomic E-state index is 11.7. The Morgan fingerprint density at radius 2 is 2.32 bits per heavy atom. The van der Waals surface area contributed by atoms with Crippen LogP contribution in [0, 0.1) is 0 Å². The van der Waals surface area contributed by atoms with E-state index in [9.17, 15) is 4.79 Å². The number of nitrogen functional groups attached to an aromatic ring is 1. The minimum Gasteiger partial charge on any atom is -0.495 e. The lowest BCUT2D eigenvalue weighted by Gasteiger charge is -2.07. The van der Waals surface area contributed by atoms with Crippen LogP contribution >= 0.6 is 11.8 Å². The van der Waals surface area contributed by atoms with Gasteiger partial charge in [0.1, 0.15) is 5.75 Å². The second-order valence-electron chi connectivity index (χ2n) is 4.42. The van der Waals surface area contributed by atoms with Gasteiger partial charge in [0.2, 0.25) is 0 Å². The predicted molar refractivity (Wildman–Crippen MR) is 72.6 cm³/mol. The van der Waals surface area contributed by atoms with Gasteiger partial charge in [-0.15, -0.1) is 5.10 Å². The Labute approximate surface area is 114 Å². The fourth-order valence-electron chi connectivity index (χ4n) is 1.88. The minimum atomic E-state index is -0.146. The zero-order valence-electron chi connectivity index (χ0n) is 10.4. The van der Waals surface area contributed by atoms with Crippen molar-refractivity contribution < 1.29 is 4.74 Å². The predicted octanol–water partition coefficient (Wildman–Crippen LogP) is 1.65. The van der Waals surface area contributed by atoms with Gasteiger partial charge in [-0.25, -0.2) is 9.89 Å². The molecule has 1 heterocycles. The Hall–Kier alpha value is -1.89. The van der Waals surface area contributed by atoms with Gasteiger partial charge in [0.15, 0.2) is 5.16 Å². The van der Waals surface area contributed by atoms with Gasteiger partial charge in [0.05, 0.1) is 12.8 Å². The van der Waals surface area contributed by atoms with Crippen molar-refractivity contribution in [1.29, 1.82) is 0 Å². The molecule has 0 atom stereocenters. The molecule has 3 N–H and O–H groups in total. The van der Waals surface area contributed by atoms with E-state index in [2.05, 4.69) is 10.2 Å². The van der Waals surface area contributed by atoms with Crippen LogP contribution in [0.4, 0.5) is 5.69 Å². The Balaban J connectivity index is 1.91. The molecule has 1 aliphatic rings. The third kappa shape index (κ3) is 2.33. The third-order valence-corrected chi connectivity index (χ3v) is 3.96. The molecule has 100 valence electrons. The summed E-state index contributed by atoms with van der Waals surface area (Å²) in [6, 6.07) is 5.81. The van der Waals surface area contributed by atoms with Crippen molar-refractivity contribution in [2.24, 2.45) is 0 Å². The number of nitrogens with two attached hydrogens (primary N) is 1. The third-order valence-electron chi connectivity index (χ3n) is 3.00. The van der Waals surface area contributed by atoms with Crippen LogP contribution in [0.2, 0.25) is 0 Å². The molecule has 1 aliphatic carbocycles. The quantitative estimate of drug-likeness (QED) is 0.830. The zero-order chi connectivity index (χ0) is 13.4. The van der Waals surface area contributed by atoms with Crippen LogP contribution in [-0.2, 0) is 0 Å². The molecule has 7 heteroatoms. The maximum atomic E-state index is 11.7. The van der Waals surface area contributed by atoms with Gasteiger partial charge in [-0.05, 0) is 42.8 Å². The topological polar surface area (TPSA) is 85.9 Å². The van der Waals surface area contributed by atoms with Gasteiger partial charge in [-0.1, -0.05) is 0 Å². The summed E-state index contributed by atoms with van der Waals surface area (Å²) in [6.07, 6.45) is 2.08. The number of ether oxygens (including phenoxy) is 1.